The number of hydrogen-bond acceptors (Lipinski definition) is 5. The Labute approximate surface area is 169 Å². The van der Waals surface area contributed by atoms with Crippen LogP contribution in [-0.2, 0) is 15.4 Å². The van der Waals surface area contributed by atoms with Crippen LogP contribution in [0.15, 0.2) is 40.6 Å². The van der Waals surface area contributed by atoms with E-state index in [0.29, 0.717) is 18.8 Å². The Balaban J connectivity index is 1.80. The zero-order valence-electron chi connectivity index (χ0n) is 15.7. The molecule has 0 bridgehead atoms. The molecule has 0 spiro atoms. The molecule has 0 unspecified atom stereocenters. The number of nitrogens with zero attached hydrogens (tertiary/aromatic N) is 1. The number of benzene rings is 1. The lowest BCUT2D eigenvalue weighted by Crippen LogP contribution is -2.38. The van der Waals surface area contributed by atoms with Crippen LogP contribution in [0, 0.1) is 0 Å². The molecular formula is C19H24N2O3S3. The summed E-state index contributed by atoms with van der Waals surface area (Å²) in [6, 6.07) is 9.18. The third kappa shape index (κ3) is 4.56. The minimum absolute atomic E-state index is 0.0320. The normalized spacial score (nSPS) is 16.3. The molecular weight excluding hydrogens is 400 g/mol. The summed E-state index contributed by atoms with van der Waals surface area (Å²) in [6.07, 6.45) is 0. The SMILES string of the molecule is CC(C)(C)c1ccc(NC(=O)c2sccc2S(=O)(=O)N2CCSCC2)cc1. The molecule has 1 aromatic heterocycles. The first-order valence-corrected chi connectivity index (χ1v) is 12.2. The molecule has 2 aromatic rings. The van der Waals surface area contributed by atoms with Crippen LogP contribution >= 0.6 is 23.1 Å². The fourth-order valence-corrected chi connectivity index (χ4v) is 6.71. The highest BCUT2D eigenvalue weighted by atomic mass is 32.2. The van der Waals surface area contributed by atoms with E-state index in [9.17, 15) is 13.2 Å². The quantitative estimate of drug-likeness (QED) is 0.805. The van der Waals surface area contributed by atoms with E-state index in [1.807, 2.05) is 24.3 Å². The molecule has 8 heteroatoms. The predicted molar refractivity (Wildman–Crippen MR) is 113 cm³/mol. The first-order chi connectivity index (χ1) is 12.7. The van der Waals surface area contributed by atoms with Gasteiger partial charge in [0.05, 0.1) is 0 Å². The smallest absolute Gasteiger partial charge is 0.267 e. The summed E-state index contributed by atoms with van der Waals surface area (Å²) in [5, 5.41) is 4.48. The Morgan fingerprint density at radius 3 is 2.30 bits per heavy atom. The number of anilines is 1. The first kappa shape index (κ1) is 20.4. The monoisotopic (exact) mass is 424 g/mol. The van der Waals surface area contributed by atoms with Crippen molar-refractivity contribution in [2.45, 2.75) is 31.1 Å². The van der Waals surface area contributed by atoms with Crippen molar-refractivity contribution in [3.8, 4) is 0 Å². The summed E-state index contributed by atoms with van der Waals surface area (Å²) in [6.45, 7) is 7.35. The van der Waals surface area contributed by atoms with Crippen LogP contribution in [-0.4, -0.2) is 43.2 Å². The van der Waals surface area contributed by atoms with Crippen molar-refractivity contribution < 1.29 is 13.2 Å². The van der Waals surface area contributed by atoms with Gasteiger partial charge in [-0.05, 0) is 34.6 Å². The van der Waals surface area contributed by atoms with Gasteiger partial charge in [0, 0.05) is 30.3 Å². The fraction of sp³-hybridized carbons (Fsp3) is 0.421. The van der Waals surface area contributed by atoms with Gasteiger partial charge in [0.25, 0.3) is 5.91 Å². The Bertz CT molecular complexity index is 906. The second-order valence-corrected chi connectivity index (χ2v) is 11.5. The number of thiophene rings is 1. The van der Waals surface area contributed by atoms with E-state index in [1.54, 1.807) is 17.1 Å². The van der Waals surface area contributed by atoms with Crippen molar-refractivity contribution in [2.24, 2.45) is 0 Å². The van der Waals surface area contributed by atoms with Gasteiger partial charge >= 0.3 is 0 Å². The largest absolute Gasteiger partial charge is 0.321 e. The van der Waals surface area contributed by atoms with Crippen LogP contribution in [0.2, 0.25) is 0 Å². The van der Waals surface area contributed by atoms with Crippen LogP contribution in [0.3, 0.4) is 0 Å². The first-order valence-electron chi connectivity index (χ1n) is 8.77. The summed E-state index contributed by atoms with van der Waals surface area (Å²) in [5.41, 5.74) is 1.85. The van der Waals surface area contributed by atoms with Crippen molar-refractivity contribution in [1.29, 1.82) is 0 Å². The second kappa shape index (κ2) is 7.95. The number of carbonyl (C=O) groups is 1. The molecule has 1 aromatic carbocycles. The van der Waals surface area contributed by atoms with Crippen molar-refractivity contribution in [3.63, 3.8) is 0 Å². The minimum Gasteiger partial charge on any atom is -0.321 e. The lowest BCUT2D eigenvalue weighted by molar-refractivity contribution is 0.102. The number of thioether (sulfide) groups is 1. The molecule has 2 heterocycles. The zero-order valence-corrected chi connectivity index (χ0v) is 18.1. The number of nitrogens with one attached hydrogen (secondary N) is 1. The van der Waals surface area contributed by atoms with Gasteiger partial charge in [-0.25, -0.2) is 8.42 Å². The van der Waals surface area contributed by atoms with Crippen molar-refractivity contribution in [2.75, 3.05) is 29.9 Å². The number of carbonyl (C=O) groups excluding carboxylic acids is 1. The van der Waals surface area contributed by atoms with E-state index in [2.05, 4.69) is 26.1 Å². The molecule has 1 aliphatic heterocycles. The van der Waals surface area contributed by atoms with Gasteiger partial charge in [0.15, 0.2) is 0 Å². The average Bonchev–Trinajstić information content (AvgIpc) is 3.13. The Morgan fingerprint density at radius 2 is 1.70 bits per heavy atom. The lowest BCUT2D eigenvalue weighted by atomic mass is 9.87. The second-order valence-electron chi connectivity index (χ2n) is 7.41. The molecule has 0 saturated carbocycles. The molecule has 0 atom stereocenters. The molecule has 146 valence electrons. The molecule has 1 saturated heterocycles. The van der Waals surface area contributed by atoms with E-state index in [0.717, 1.165) is 22.8 Å². The highest BCUT2D eigenvalue weighted by Gasteiger charge is 2.31. The van der Waals surface area contributed by atoms with E-state index in [1.165, 1.54) is 15.9 Å². The van der Waals surface area contributed by atoms with Crippen LogP contribution in [0.1, 0.15) is 36.0 Å². The van der Waals surface area contributed by atoms with E-state index < -0.39 is 15.9 Å². The molecule has 1 N–H and O–H groups in total. The van der Waals surface area contributed by atoms with Crippen molar-refractivity contribution in [1.82, 2.24) is 4.31 Å². The number of hydrogen-bond donors (Lipinski definition) is 1. The third-order valence-electron chi connectivity index (χ3n) is 4.43. The molecule has 3 rings (SSSR count). The maximum Gasteiger partial charge on any atom is 0.267 e. The highest BCUT2D eigenvalue weighted by molar-refractivity contribution is 7.99. The maximum atomic E-state index is 12.9. The van der Waals surface area contributed by atoms with Crippen molar-refractivity contribution in [3.05, 3.63) is 46.2 Å². The Hall–Kier alpha value is -1.35. The van der Waals surface area contributed by atoms with Gasteiger partial charge < -0.3 is 5.32 Å². The summed E-state index contributed by atoms with van der Waals surface area (Å²) < 4.78 is 27.3. The van der Waals surface area contributed by atoms with Crippen LogP contribution < -0.4 is 5.32 Å². The summed E-state index contributed by atoms with van der Waals surface area (Å²) in [4.78, 5) is 13.0. The molecule has 27 heavy (non-hydrogen) atoms. The van der Waals surface area contributed by atoms with E-state index >= 15 is 0 Å². The zero-order chi connectivity index (χ0) is 19.7. The number of sulfonamides is 1. The van der Waals surface area contributed by atoms with E-state index in [4.69, 9.17) is 0 Å². The van der Waals surface area contributed by atoms with Crippen LogP contribution in [0.4, 0.5) is 5.69 Å². The molecule has 1 amide bonds. The Kier molecular flexibility index (Phi) is 6.00. The molecule has 1 fully saturated rings. The van der Waals surface area contributed by atoms with E-state index in [-0.39, 0.29) is 15.2 Å². The van der Waals surface area contributed by atoms with Gasteiger partial charge in [-0.2, -0.15) is 16.1 Å². The molecule has 1 aliphatic rings. The average molecular weight is 425 g/mol. The number of amides is 1. The van der Waals surface area contributed by atoms with Gasteiger partial charge in [-0.1, -0.05) is 32.9 Å². The summed E-state index contributed by atoms with van der Waals surface area (Å²) >= 11 is 2.90. The van der Waals surface area contributed by atoms with Crippen LogP contribution in [0.5, 0.6) is 0 Å². The molecule has 0 radical (unpaired) electrons. The van der Waals surface area contributed by atoms with Gasteiger partial charge in [-0.3, -0.25) is 4.79 Å². The van der Waals surface area contributed by atoms with Crippen molar-refractivity contribution >= 4 is 44.7 Å². The predicted octanol–water partition coefficient (Wildman–Crippen LogP) is 4.04. The molecule has 0 aliphatic carbocycles. The van der Waals surface area contributed by atoms with Crippen LogP contribution in [0.25, 0.3) is 0 Å². The maximum absolute atomic E-state index is 12.9. The third-order valence-corrected chi connectivity index (χ3v) is 8.36. The number of rotatable bonds is 4. The highest BCUT2D eigenvalue weighted by Crippen LogP contribution is 2.28. The minimum atomic E-state index is -3.64. The molecule has 5 nitrogen and oxygen atoms in total. The van der Waals surface area contributed by atoms with Gasteiger partial charge in [-0.15, -0.1) is 11.3 Å². The Morgan fingerprint density at radius 1 is 1.07 bits per heavy atom. The topological polar surface area (TPSA) is 66.5 Å². The fourth-order valence-electron chi connectivity index (χ4n) is 2.83. The van der Waals surface area contributed by atoms with Gasteiger partial charge in [0.1, 0.15) is 9.77 Å². The standard InChI is InChI=1S/C19H24N2O3S3/c1-19(2,3)14-4-6-15(7-5-14)20-18(22)17-16(8-11-26-17)27(23,24)21-9-12-25-13-10-21/h4-8,11H,9-10,12-13H2,1-3H3,(H,20,22). The lowest BCUT2D eigenvalue weighted by Gasteiger charge is -2.25. The van der Waals surface area contributed by atoms with Gasteiger partial charge in [0.2, 0.25) is 10.0 Å². The summed E-state index contributed by atoms with van der Waals surface area (Å²) in [5.74, 6) is 1.18. The summed E-state index contributed by atoms with van der Waals surface area (Å²) in [7, 11) is -3.64.